The van der Waals surface area contributed by atoms with Crippen LogP contribution in [0.15, 0.2) is 11.9 Å². The Hall–Kier alpha value is -1.53. The van der Waals surface area contributed by atoms with E-state index in [1.807, 2.05) is 0 Å². The van der Waals surface area contributed by atoms with Crippen molar-refractivity contribution in [1.82, 2.24) is 0 Å². The van der Waals surface area contributed by atoms with Crippen LogP contribution in [0, 0.1) is 0 Å². The molecule has 0 N–H and O–H groups in total. The van der Waals surface area contributed by atoms with Gasteiger partial charge in [-0.15, -0.1) is 0 Å². The summed E-state index contributed by atoms with van der Waals surface area (Å²) < 4.78 is 43.8. The molecule has 0 spiro atoms. The van der Waals surface area contributed by atoms with Gasteiger partial charge in [-0.25, -0.2) is 22.8 Å². The number of allylic oxidation sites excluding steroid dienone is 1. The third-order valence-electron chi connectivity index (χ3n) is 1.21. The molecule has 0 bridgehead atoms. The van der Waals surface area contributed by atoms with E-state index in [9.17, 15) is 22.8 Å². The monoisotopic (exact) mass is 226 g/mol. The molecule has 0 saturated heterocycles. The van der Waals surface area contributed by atoms with Gasteiger partial charge in [0.25, 0.3) is 0 Å². The maximum absolute atomic E-state index is 12.6. The van der Waals surface area contributed by atoms with E-state index < -0.39 is 37.2 Å². The summed E-state index contributed by atoms with van der Waals surface area (Å²) in [7, 11) is 0.951. The molecule has 0 aliphatic rings. The molecule has 0 rings (SSSR count). The Morgan fingerprint density at radius 3 is 2.40 bits per heavy atom. The summed E-state index contributed by atoms with van der Waals surface area (Å²) in [4.78, 5) is 21.0. The summed E-state index contributed by atoms with van der Waals surface area (Å²) in [5, 5.41) is 0. The van der Waals surface area contributed by atoms with Gasteiger partial charge in [0.05, 0.1) is 7.11 Å². The minimum absolute atomic E-state index is 0.579. The lowest BCUT2D eigenvalue weighted by atomic mass is 10.4. The molecule has 15 heavy (non-hydrogen) atoms. The van der Waals surface area contributed by atoms with Crippen LogP contribution in [0.5, 0.6) is 0 Å². The highest BCUT2D eigenvalue weighted by atomic mass is 19.3. The van der Waals surface area contributed by atoms with E-state index in [4.69, 9.17) is 0 Å². The standard InChI is InChI=1S/C8H9F3O4/c1-14-7(12)8(13)15-4-5(9)2-3-6(10)11/h2,6H,3-4H2,1H3. The molecule has 0 aromatic heterocycles. The second-order valence-electron chi connectivity index (χ2n) is 2.35. The van der Waals surface area contributed by atoms with Gasteiger partial charge in [0.15, 0.2) is 0 Å². The number of carbonyl (C=O) groups is 2. The second kappa shape index (κ2) is 6.86. The molecule has 7 heteroatoms. The van der Waals surface area contributed by atoms with Crippen molar-refractivity contribution in [2.75, 3.05) is 13.7 Å². The van der Waals surface area contributed by atoms with Crippen molar-refractivity contribution < 1.29 is 32.2 Å². The first-order chi connectivity index (χ1) is 6.97. The van der Waals surface area contributed by atoms with Gasteiger partial charge in [-0.05, 0) is 6.08 Å². The number of halogens is 3. The average Bonchev–Trinajstić information content (AvgIpc) is 2.21. The fourth-order valence-corrected chi connectivity index (χ4v) is 0.553. The van der Waals surface area contributed by atoms with Gasteiger partial charge in [0, 0.05) is 6.42 Å². The van der Waals surface area contributed by atoms with Crippen LogP contribution in [0.1, 0.15) is 6.42 Å². The Labute approximate surface area is 83.7 Å². The molecule has 0 aromatic carbocycles. The van der Waals surface area contributed by atoms with Crippen molar-refractivity contribution in [3.63, 3.8) is 0 Å². The molecule has 0 atom stereocenters. The van der Waals surface area contributed by atoms with Crippen LogP contribution in [0.25, 0.3) is 0 Å². The van der Waals surface area contributed by atoms with Crippen molar-refractivity contribution in [3.8, 4) is 0 Å². The molecular formula is C8H9F3O4. The van der Waals surface area contributed by atoms with Gasteiger partial charge in [-0.3, -0.25) is 0 Å². The predicted octanol–water partition coefficient (Wildman–Crippen LogP) is 1.21. The number of alkyl halides is 2. The minimum Gasteiger partial charge on any atom is -0.461 e. The summed E-state index contributed by atoms with van der Waals surface area (Å²) in [5.74, 6) is -3.71. The van der Waals surface area contributed by atoms with E-state index in [0.29, 0.717) is 6.08 Å². The van der Waals surface area contributed by atoms with Crippen LogP contribution in [-0.2, 0) is 19.1 Å². The number of esters is 2. The van der Waals surface area contributed by atoms with Crippen LogP contribution in [-0.4, -0.2) is 32.1 Å². The third-order valence-corrected chi connectivity index (χ3v) is 1.21. The molecule has 0 heterocycles. The molecule has 0 radical (unpaired) electrons. The Kier molecular flexibility index (Phi) is 6.16. The van der Waals surface area contributed by atoms with E-state index in [-0.39, 0.29) is 0 Å². The van der Waals surface area contributed by atoms with Gasteiger partial charge >= 0.3 is 11.9 Å². The Morgan fingerprint density at radius 1 is 1.33 bits per heavy atom. The largest absolute Gasteiger partial charge is 0.461 e. The van der Waals surface area contributed by atoms with Crippen LogP contribution in [0.2, 0.25) is 0 Å². The van der Waals surface area contributed by atoms with E-state index in [0.717, 1.165) is 7.11 Å². The number of hydrogen-bond donors (Lipinski definition) is 0. The highest BCUT2D eigenvalue weighted by Crippen LogP contribution is 2.05. The summed E-state index contributed by atoms with van der Waals surface area (Å²) in [5.41, 5.74) is 0. The van der Waals surface area contributed by atoms with E-state index in [1.165, 1.54) is 0 Å². The Morgan fingerprint density at radius 2 is 1.93 bits per heavy atom. The average molecular weight is 226 g/mol. The fourth-order valence-electron chi connectivity index (χ4n) is 0.553. The molecule has 0 fully saturated rings. The lowest BCUT2D eigenvalue weighted by Crippen LogP contribution is -2.19. The maximum Gasteiger partial charge on any atom is 0.417 e. The van der Waals surface area contributed by atoms with Crippen LogP contribution < -0.4 is 0 Å². The van der Waals surface area contributed by atoms with Crippen LogP contribution in [0.3, 0.4) is 0 Å². The Balaban J connectivity index is 3.90. The van der Waals surface area contributed by atoms with Crippen molar-refractivity contribution in [2.45, 2.75) is 12.8 Å². The highest BCUT2D eigenvalue weighted by molar-refractivity contribution is 6.29. The minimum atomic E-state index is -2.67. The van der Waals surface area contributed by atoms with Gasteiger partial charge in [-0.1, -0.05) is 0 Å². The molecule has 0 unspecified atom stereocenters. The molecular weight excluding hydrogens is 217 g/mol. The summed E-state index contributed by atoms with van der Waals surface area (Å²) >= 11 is 0. The number of methoxy groups -OCH3 is 1. The number of rotatable bonds is 4. The van der Waals surface area contributed by atoms with Gasteiger partial charge in [-0.2, -0.15) is 0 Å². The van der Waals surface area contributed by atoms with E-state index >= 15 is 0 Å². The lowest BCUT2D eigenvalue weighted by Gasteiger charge is -2.01. The first kappa shape index (κ1) is 13.5. The second-order valence-corrected chi connectivity index (χ2v) is 2.35. The molecule has 0 aromatic rings. The molecule has 86 valence electrons. The molecule has 0 amide bonds. The van der Waals surface area contributed by atoms with E-state index in [2.05, 4.69) is 9.47 Å². The zero-order valence-electron chi connectivity index (χ0n) is 7.84. The van der Waals surface area contributed by atoms with Gasteiger partial charge < -0.3 is 9.47 Å². The zero-order chi connectivity index (χ0) is 11.8. The van der Waals surface area contributed by atoms with E-state index in [1.54, 1.807) is 0 Å². The predicted molar refractivity (Wildman–Crippen MR) is 42.8 cm³/mol. The molecule has 0 aliphatic carbocycles. The zero-order valence-corrected chi connectivity index (χ0v) is 7.84. The molecule has 4 nitrogen and oxygen atoms in total. The van der Waals surface area contributed by atoms with Crippen LogP contribution >= 0.6 is 0 Å². The van der Waals surface area contributed by atoms with Crippen molar-refractivity contribution in [1.29, 1.82) is 0 Å². The number of hydrogen-bond acceptors (Lipinski definition) is 4. The van der Waals surface area contributed by atoms with Crippen LogP contribution in [0.4, 0.5) is 13.2 Å². The fraction of sp³-hybridized carbons (Fsp3) is 0.500. The highest BCUT2D eigenvalue weighted by Gasteiger charge is 2.15. The third kappa shape index (κ3) is 6.53. The lowest BCUT2D eigenvalue weighted by molar-refractivity contribution is -0.165. The van der Waals surface area contributed by atoms with Gasteiger partial charge in [0.2, 0.25) is 6.43 Å². The molecule has 0 saturated carbocycles. The number of carbonyl (C=O) groups excluding carboxylic acids is 2. The first-order valence-electron chi connectivity index (χ1n) is 3.85. The first-order valence-corrected chi connectivity index (χ1v) is 3.85. The van der Waals surface area contributed by atoms with Gasteiger partial charge in [0.1, 0.15) is 12.4 Å². The summed E-state index contributed by atoms with van der Waals surface area (Å²) in [6.45, 7) is -0.860. The van der Waals surface area contributed by atoms with Crippen molar-refractivity contribution in [3.05, 3.63) is 11.9 Å². The topological polar surface area (TPSA) is 52.6 Å². The SMILES string of the molecule is COC(=O)C(=O)OCC(F)=CCC(F)F. The molecule has 0 aliphatic heterocycles. The van der Waals surface area contributed by atoms with Crippen molar-refractivity contribution in [2.24, 2.45) is 0 Å². The van der Waals surface area contributed by atoms with Crippen molar-refractivity contribution >= 4 is 11.9 Å². The quantitative estimate of drug-likeness (QED) is 0.534. The maximum atomic E-state index is 12.6. The smallest absolute Gasteiger partial charge is 0.417 e. The summed E-state index contributed by atoms with van der Waals surface area (Å²) in [6.07, 6.45) is -2.87. The number of ether oxygens (including phenoxy) is 2. The summed E-state index contributed by atoms with van der Waals surface area (Å²) in [6, 6.07) is 0. The normalized spacial score (nSPS) is 11.4. The Bertz CT molecular complexity index is 263.